The number of para-hydroxylation sites is 4. The van der Waals surface area contributed by atoms with E-state index in [9.17, 15) is 0 Å². The molecule has 0 radical (unpaired) electrons. The molecule has 0 spiro atoms. The van der Waals surface area contributed by atoms with Crippen molar-refractivity contribution in [2.75, 3.05) is 4.90 Å². The van der Waals surface area contributed by atoms with Crippen LogP contribution in [0.3, 0.4) is 0 Å². The van der Waals surface area contributed by atoms with Crippen LogP contribution in [0.15, 0.2) is 121 Å². The predicted molar refractivity (Wildman–Crippen MR) is 139 cm³/mol. The Morgan fingerprint density at radius 2 is 1.11 bits per heavy atom. The summed E-state index contributed by atoms with van der Waals surface area (Å²) in [6, 6.07) is 38.7. The van der Waals surface area contributed by atoms with Gasteiger partial charge in [0.1, 0.15) is 5.82 Å². The summed E-state index contributed by atoms with van der Waals surface area (Å²) >= 11 is 0. The molecule has 4 aromatic carbocycles. The molecule has 0 fully saturated rings. The molecule has 0 N–H and O–H groups in total. The van der Waals surface area contributed by atoms with Crippen molar-refractivity contribution in [2.24, 2.45) is 0 Å². The molecule has 1 aliphatic heterocycles. The zero-order valence-corrected chi connectivity index (χ0v) is 18.7. The number of rotatable bonds is 3. The summed E-state index contributed by atoms with van der Waals surface area (Å²) in [5, 5.41) is 0. The molecule has 0 saturated heterocycles. The lowest BCUT2D eigenvalue weighted by molar-refractivity contribution is 0.476. The molecular weight excluding hydrogens is 432 g/mol. The molecule has 35 heavy (non-hydrogen) atoms. The first-order valence-corrected chi connectivity index (χ1v) is 11.5. The van der Waals surface area contributed by atoms with Crippen LogP contribution in [-0.4, -0.2) is 14.4 Å². The van der Waals surface area contributed by atoms with Crippen molar-refractivity contribution in [3.63, 3.8) is 0 Å². The topological polar surface area (TPSA) is 42.7 Å². The van der Waals surface area contributed by atoms with Crippen molar-refractivity contribution in [1.29, 1.82) is 0 Å². The van der Waals surface area contributed by atoms with Gasteiger partial charge in [0.15, 0.2) is 11.5 Å². The second-order valence-electron chi connectivity index (χ2n) is 8.37. The minimum absolute atomic E-state index is 0.640. The number of anilines is 3. The third-order valence-electron chi connectivity index (χ3n) is 6.24. The van der Waals surface area contributed by atoms with Gasteiger partial charge in [0.2, 0.25) is 5.78 Å². The van der Waals surface area contributed by atoms with Crippen molar-refractivity contribution in [2.45, 2.75) is 0 Å². The molecule has 0 bridgehead atoms. The minimum atomic E-state index is 0.640. The maximum Gasteiger partial charge on any atom is 0.236 e. The SMILES string of the molecule is c1ccc(-c2nc3nc(N4c5ccccc5Oc5ccccc54)ccn3c2-c2ccccc2)cc1. The Bertz CT molecular complexity index is 1630. The predicted octanol–water partition coefficient (Wildman–Crippen LogP) is 7.64. The van der Waals surface area contributed by atoms with Gasteiger partial charge in [0.05, 0.1) is 22.8 Å². The first-order chi connectivity index (χ1) is 17.4. The standard InChI is InChI=1S/C30H20N4O/c1-3-11-21(12-4-1)28-29(22-13-5-2-6-14-22)33-20-19-27(31-30(33)32-28)34-23-15-7-9-17-25(23)35-26-18-10-8-16-24(26)34/h1-20H. The van der Waals surface area contributed by atoms with Crippen LogP contribution in [0.25, 0.3) is 28.3 Å². The Morgan fingerprint density at radius 1 is 0.543 bits per heavy atom. The van der Waals surface area contributed by atoms with E-state index < -0.39 is 0 Å². The fraction of sp³-hybridized carbons (Fsp3) is 0. The maximum atomic E-state index is 6.17. The summed E-state index contributed by atoms with van der Waals surface area (Å²) in [6.07, 6.45) is 2.06. The molecule has 1 aliphatic rings. The molecule has 0 saturated carbocycles. The van der Waals surface area contributed by atoms with Gasteiger partial charge < -0.3 is 4.74 Å². The van der Waals surface area contributed by atoms with E-state index >= 15 is 0 Å². The van der Waals surface area contributed by atoms with Crippen LogP contribution in [0.2, 0.25) is 0 Å². The zero-order chi connectivity index (χ0) is 23.2. The van der Waals surface area contributed by atoms with Crippen LogP contribution >= 0.6 is 0 Å². The fourth-order valence-corrected chi connectivity index (χ4v) is 4.67. The van der Waals surface area contributed by atoms with Crippen LogP contribution in [0, 0.1) is 0 Å². The third kappa shape index (κ3) is 3.17. The van der Waals surface area contributed by atoms with Crippen LogP contribution in [-0.2, 0) is 0 Å². The first-order valence-electron chi connectivity index (χ1n) is 11.5. The second-order valence-corrected chi connectivity index (χ2v) is 8.37. The van der Waals surface area contributed by atoms with Gasteiger partial charge in [-0.2, -0.15) is 4.98 Å². The molecule has 5 nitrogen and oxygen atoms in total. The summed E-state index contributed by atoms with van der Waals surface area (Å²) < 4.78 is 8.23. The summed E-state index contributed by atoms with van der Waals surface area (Å²) in [4.78, 5) is 12.2. The highest BCUT2D eigenvalue weighted by atomic mass is 16.5. The highest BCUT2D eigenvalue weighted by Gasteiger charge is 2.27. The Morgan fingerprint density at radius 3 is 1.77 bits per heavy atom. The third-order valence-corrected chi connectivity index (χ3v) is 6.24. The number of aromatic nitrogens is 3. The smallest absolute Gasteiger partial charge is 0.236 e. The Balaban J connectivity index is 1.46. The van der Waals surface area contributed by atoms with Gasteiger partial charge in [0, 0.05) is 17.3 Å². The first kappa shape index (κ1) is 19.6. The zero-order valence-electron chi connectivity index (χ0n) is 18.7. The number of benzene rings is 4. The van der Waals surface area contributed by atoms with Crippen molar-refractivity contribution >= 4 is 23.0 Å². The van der Waals surface area contributed by atoms with E-state index in [2.05, 4.69) is 39.8 Å². The Labute approximate surface area is 202 Å². The van der Waals surface area contributed by atoms with Crippen LogP contribution in [0.1, 0.15) is 0 Å². The average molecular weight is 453 g/mol. The summed E-state index contributed by atoms with van der Waals surface area (Å²) in [7, 11) is 0. The number of ether oxygens (including phenoxy) is 1. The van der Waals surface area contributed by atoms with Crippen LogP contribution < -0.4 is 9.64 Å². The molecule has 5 heteroatoms. The van der Waals surface area contributed by atoms with E-state index in [1.807, 2.05) is 91.0 Å². The van der Waals surface area contributed by atoms with E-state index in [0.29, 0.717) is 5.78 Å². The molecule has 0 aliphatic carbocycles. The van der Waals surface area contributed by atoms with Gasteiger partial charge in [-0.25, -0.2) is 4.98 Å². The van der Waals surface area contributed by atoms with Crippen molar-refractivity contribution in [3.05, 3.63) is 121 Å². The summed E-state index contributed by atoms with van der Waals surface area (Å²) in [5.41, 5.74) is 5.97. The number of imidazole rings is 1. The Kier molecular flexibility index (Phi) is 4.39. The fourth-order valence-electron chi connectivity index (χ4n) is 4.67. The van der Waals surface area contributed by atoms with Gasteiger partial charge in [-0.3, -0.25) is 9.30 Å². The molecule has 2 aromatic heterocycles. The average Bonchev–Trinajstić information content (AvgIpc) is 3.31. The Hall–Kier alpha value is -4.90. The van der Waals surface area contributed by atoms with E-state index in [-0.39, 0.29) is 0 Å². The molecule has 0 amide bonds. The largest absolute Gasteiger partial charge is 0.453 e. The second kappa shape index (κ2) is 7.85. The lowest BCUT2D eigenvalue weighted by Crippen LogP contribution is -2.17. The van der Waals surface area contributed by atoms with E-state index in [0.717, 1.165) is 51.2 Å². The molecule has 3 heterocycles. The number of hydrogen-bond donors (Lipinski definition) is 0. The van der Waals surface area contributed by atoms with Gasteiger partial charge >= 0.3 is 0 Å². The highest BCUT2D eigenvalue weighted by molar-refractivity contribution is 5.86. The van der Waals surface area contributed by atoms with Crippen molar-refractivity contribution < 1.29 is 4.74 Å². The molecule has 6 aromatic rings. The van der Waals surface area contributed by atoms with Gasteiger partial charge in [-0.05, 0) is 30.3 Å². The van der Waals surface area contributed by atoms with Gasteiger partial charge in [-0.1, -0.05) is 84.9 Å². The van der Waals surface area contributed by atoms with Gasteiger partial charge in [-0.15, -0.1) is 0 Å². The monoisotopic (exact) mass is 452 g/mol. The van der Waals surface area contributed by atoms with Crippen molar-refractivity contribution in [3.8, 4) is 34.0 Å². The maximum absolute atomic E-state index is 6.17. The molecule has 7 rings (SSSR count). The van der Waals surface area contributed by atoms with Crippen LogP contribution in [0.4, 0.5) is 17.2 Å². The summed E-state index contributed by atoms with van der Waals surface area (Å²) in [6.45, 7) is 0. The van der Waals surface area contributed by atoms with E-state index in [4.69, 9.17) is 14.7 Å². The quantitative estimate of drug-likeness (QED) is 0.276. The van der Waals surface area contributed by atoms with E-state index in [1.165, 1.54) is 0 Å². The van der Waals surface area contributed by atoms with E-state index in [1.54, 1.807) is 0 Å². The van der Waals surface area contributed by atoms with Crippen molar-refractivity contribution in [1.82, 2.24) is 14.4 Å². The number of hydrogen-bond acceptors (Lipinski definition) is 4. The minimum Gasteiger partial charge on any atom is -0.453 e. The highest BCUT2D eigenvalue weighted by Crippen LogP contribution is 2.49. The lowest BCUT2D eigenvalue weighted by Gasteiger charge is -2.31. The molecule has 0 unspecified atom stereocenters. The number of fused-ring (bicyclic) bond motifs is 3. The number of nitrogens with zero attached hydrogens (tertiary/aromatic N) is 4. The molecule has 0 atom stereocenters. The lowest BCUT2D eigenvalue weighted by atomic mass is 10.1. The summed E-state index contributed by atoms with van der Waals surface area (Å²) in [5.74, 6) is 3.02. The van der Waals surface area contributed by atoms with Crippen LogP contribution in [0.5, 0.6) is 11.5 Å². The molecular formula is C30H20N4O. The van der Waals surface area contributed by atoms with Gasteiger partial charge in [0.25, 0.3) is 0 Å². The normalized spacial score (nSPS) is 12.2. The molecule has 166 valence electrons.